The van der Waals surface area contributed by atoms with Gasteiger partial charge in [-0.3, -0.25) is 0 Å². The minimum Gasteiger partial charge on any atom is -0.379 e. The summed E-state index contributed by atoms with van der Waals surface area (Å²) in [6, 6.07) is 12.5. The molecule has 0 fully saturated rings. The molecule has 0 aliphatic heterocycles. The molecule has 3 aromatic rings. The van der Waals surface area contributed by atoms with E-state index in [1.165, 1.54) is 5.56 Å². The van der Waals surface area contributed by atoms with E-state index in [0.29, 0.717) is 6.54 Å². The molecule has 0 spiro atoms. The van der Waals surface area contributed by atoms with Gasteiger partial charge in [-0.15, -0.1) is 0 Å². The van der Waals surface area contributed by atoms with Crippen LogP contribution in [0.25, 0.3) is 11.0 Å². The van der Waals surface area contributed by atoms with Gasteiger partial charge in [-0.1, -0.05) is 22.0 Å². The number of rotatable bonds is 5. The highest BCUT2D eigenvalue weighted by atomic mass is 79.9. The van der Waals surface area contributed by atoms with E-state index in [1.807, 2.05) is 12.3 Å². The van der Waals surface area contributed by atoms with Crippen LogP contribution in [0.1, 0.15) is 11.3 Å². The van der Waals surface area contributed by atoms with Crippen molar-refractivity contribution in [2.45, 2.75) is 13.1 Å². The summed E-state index contributed by atoms with van der Waals surface area (Å²) in [4.78, 5) is 9.89. The topological polar surface area (TPSA) is 44.0 Å². The second-order valence-corrected chi connectivity index (χ2v) is 6.47. The fourth-order valence-electron chi connectivity index (χ4n) is 2.39. The number of benzene rings is 1. The van der Waals surface area contributed by atoms with Gasteiger partial charge in [-0.2, -0.15) is 0 Å². The molecule has 2 heterocycles. The fraction of sp³-hybridized carbons (Fsp3) is 0.235. The van der Waals surface area contributed by atoms with E-state index in [4.69, 9.17) is 0 Å². The second-order valence-electron chi connectivity index (χ2n) is 5.62. The molecule has 22 heavy (non-hydrogen) atoms. The third-order valence-corrected chi connectivity index (χ3v) is 4.22. The summed E-state index contributed by atoms with van der Waals surface area (Å²) in [7, 11) is 4.14. The highest BCUT2D eigenvalue weighted by molar-refractivity contribution is 9.10. The molecular formula is C17H19BrN4. The monoisotopic (exact) mass is 358 g/mol. The first-order valence-corrected chi connectivity index (χ1v) is 8.01. The van der Waals surface area contributed by atoms with Crippen LogP contribution in [0.5, 0.6) is 0 Å². The first kappa shape index (κ1) is 15.1. The highest BCUT2D eigenvalue weighted by Crippen LogP contribution is 2.23. The van der Waals surface area contributed by atoms with Crippen molar-refractivity contribution in [3.63, 3.8) is 0 Å². The normalized spacial score (nSPS) is 11.3. The summed E-state index contributed by atoms with van der Waals surface area (Å²) in [6.07, 6.45) is 1.91. The number of H-pyrrole nitrogens is 1. The van der Waals surface area contributed by atoms with Gasteiger partial charge in [0.25, 0.3) is 0 Å². The number of halogens is 1. The second kappa shape index (κ2) is 6.50. The molecule has 0 unspecified atom stereocenters. The summed E-state index contributed by atoms with van der Waals surface area (Å²) in [5.41, 5.74) is 4.31. The van der Waals surface area contributed by atoms with E-state index in [1.54, 1.807) is 0 Å². The summed E-state index contributed by atoms with van der Waals surface area (Å²) in [6.45, 7) is 1.63. The van der Waals surface area contributed by atoms with E-state index in [0.717, 1.165) is 33.4 Å². The number of hydrogen-bond donors (Lipinski definition) is 2. The Balaban J connectivity index is 1.69. The third kappa shape index (κ3) is 3.48. The van der Waals surface area contributed by atoms with Crippen molar-refractivity contribution >= 4 is 32.7 Å². The molecular weight excluding hydrogens is 340 g/mol. The van der Waals surface area contributed by atoms with E-state index in [-0.39, 0.29) is 0 Å². The quantitative estimate of drug-likeness (QED) is 0.724. The molecule has 2 N–H and O–H groups in total. The van der Waals surface area contributed by atoms with Gasteiger partial charge in [0.15, 0.2) is 0 Å². The molecule has 0 amide bonds. The Morgan fingerprint density at radius 3 is 2.82 bits per heavy atom. The first-order valence-electron chi connectivity index (χ1n) is 7.22. The van der Waals surface area contributed by atoms with Crippen molar-refractivity contribution in [1.82, 2.24) is 14.9 Å². The van der Waals surface area contributed by atoms with Gasteiger partial charge < -0.3 is 15.2 Å². The average molecular weight is 359 g/mol. The maximum atomic E-state index is 4.59. The summed E-state index contributed by atoms with van der Waals surface area (Å²) in [5.74, 6) is 0. The lowest BCUT2D eigenvalue weighted by molar-refractivity contribution is 0.401. The van der Waals surface area contributed by atoms with E-state index >= 15 is 0 Å². The number of hydrogen-bond acceptors (Lipinski definition) is 3. The number of pyridine rings is 1. The predicted molar refractivity (Wildman–Crippen MR) is 95.0 cm³/mol. The minimum atomic E-state index is 0.703. The average Bonchev–Trinajstić information content (AvgIpc) is 2.95. The highest BCUT2D eigenvalue weighted by Gasteiger charge is 2.04. The number of nitrogens with one attached hydrogen (secondary N) is 2. The zero-order valence-corrected chi connectivity index (χ0v) is 14.3. The third-order valence-electron chi connectivity index (χ3n) is 3.48. The predicted octanol–water partition coefficient (Wildman–Crippen LogP) is 4.00. The SMILES string of the molecule is CN(C)Cc1ccc(NCc2ccc3cc[nH]c3n2)cc1Br. The Kier molecular flexibility index (Phi) is 4.45. The largest absolute Gasteiger partial charge is 0.379 e. The summed E-state index contributed by atoms with van der Waals surface area (Å²) in [5, 5.41) is 4.56. The van der Waals surface area contributed by atoms with Crippen molar-refractivity contribution in [3.05, 3.63) is 58.3 Å². The Hall–Kier alpha value is -1.85. The van der Waals surface area contributed by atoms with Crippen molar-refractivity contribution in [3.8, 4) is 0 Å². The van der Waals surface area contributed by atoms with Crippen LogP contribution in [-0.2, 0) is 13.1 Å². The number of aromatic nitrogens is 2. The van der Waals surface area contributed by atoms with Gasteiger partial charge in [0.2, 0.25) is 0 Å². The smallest absolute Gasteiger partial charge is 0.137 e. The van der Waals surface area contributed by atoms with Gasteiger partial charge >= 0.3 is 0 Å². The van der Waals surface area contributed by atoms with Crippen LogP contribution in [0.15, 0.2) is 47.1 Å². The first-order chi connectivity index (χ1) is 10.6. The summed E-state index contributed by atoms with van der Waals surface area (Å²) >= 11 is 3.64. The molecule has 0 aliphatic carbocycles. The molecule has 0 bridgehead atoms. The van der Waals surface area contributed by atoms with Gasteiger partial charge in [0.1, 0.15) is 5.65 Å². The van der Waals surface area contributed by atoms with Gasteiger partial charge in [-0.25, -0.2) is 4.98 Å². The van der Waals surface area contributed by atoms with Crippen LogP contribution in [0.4, 0.5) is 5.69 Å². The van der Waals surface area contributed by atoms with Crippen LogP contribution in [0.2, 0.25) is 0 Å². The van der Waals surface area contributed by atoms with Gasteiger partial charge in [-0.05, 0) is 50.0 Å². The molecule has 4 nitrogen and oxygen atoms in total. The van der Waals surface area contributed by atoms with Gasteiger partial charge in [0.05, 0.1) is 12.2 Å². The Labute approximate surface area is 138 Å². The number of fused-ring (bicyclic) bond motifs is 1. The molecule has 5 heteroatoms. The minimum absolute atomic E-state index is 0.703. The molecule has 2 aromatic heterocycles. The summed E-state index contributed by atoms with van der Waals surface area (Å²) < 4.78 is 1.12. The van der Waals surface area contributed by atoms with E-state index in [2.05, 4.69) is 80.5 Å². The number of nitrogens with zero attached hydrogens (tertiary/aromatic N) is 2. The molecule has 0 atom stereocenters. The van der Waals surface area contributed by atoms with Crippen LogP contribution >= 0.6 is 15.9 Å². The van der Waals surface area contributed by atoms with Crippen LogP contribution < -0.4 is 5.32 Å². The van der Waals surface area contributed by atoms with Crippen LogP contribution in [0, 0.1) is 0 Å². The van der Waals surface area contributed by atoms with Crippen molar-refractivity contribution in [1.29, 1.82) is 0 Å². The Bertz CT molecular complexity index is 779. The molecule has 0 radical (unpaired) electrons. The Morgan fingerprint density at radius 2 is 2.05 bits per heavy atom. The molecule has 0 saturated heterocycles. The lowest BCUT2D eigenvalue weighted by Crippen LogP contribution is -2.11. The molecule has 0 aliphatic rings. The number of anilines is 1. The molecule has 114 valence electrons. The van der Waals surface area contributed by atoms with Crippen molar-refractivity contribution in [2.75, 3.05) is 19.4 Å². The van der Waals surface area contributed by atoms with E-state index < -0.39 is 0 Å². The molecule has 0 saturated carbocycles. The maximum absolute atomic E-state index is 4.59. The molecule has 1 aromatic carbocycles. The van der Waals surface area contributed by atoms with Crippen LogP contribution in [-0.4, -0.2) is 29.0 Å². The van der Waals surface area contributed by atoms with Crippen molar-refractivity contribution < 1.29 is 0 Å². The Morgan fingerprint density at radius 1 is 1.18 bits per heavy atom. The lowest BCUT2D eigenvalue weighted by Gasteiger charge is -2.13. The van der Waals surface area contributed by atoms with Crippen LogP contribution in [0.3, 0.4) is 0 Å². The maximum Gasteiger partial charge on any atom is 0.137 e. The van der Waals surface area contributed by atoms with E-state index in [9.17, 15) is 0 Å². The lowest BCUT2D eigenvalue weighted by atomic mass is 10.2. The van der Waals surface area contributed by atoms with Crippen molar-refractivity contribution in [2.24, 2.45) is 0 Å². The zero-order valence-electron chi connectivity index (χ0n) is 12.7. The fourth-order valence-corrected chi connectivity index (χ4v) is 2.89. The number of aromatic amines is 1. The molecule has 3 rings (SSSR count). The standard InChI is InChI=1S/C17H19BrN4/c1-22(2)11-13-4-5-14(9-16(13)18)20-10-15-6-3-12-7-8-19-17(12)21-15/h3-9,20H,10-11H2,1-2H3,(H,19,21). The zero-order chi connectivity index (χ0) is 15.5. The van der Waals surface area contributed by atoms with Gasteiger partial charge in [0, 0.05) is 28.3 Å².